The summed E-state index contributed by atoms with van der Waals surface area (Å²) in [6.07, 6.45) is 0. The third-order valence-corrected chi connectivity index (χ3v) is 2.82. The summed E-state index contributed by atoms with van der Waals surface area (Å²) in [5.74, 6) is -0.0100. The molecule has 0 aliphatic heterocycles. The quantitative estimate of drug-likeness (QED) is 0.846. The number of aromatic hydroxyl groups is 1. The first kappa shape index (κ1) is 14.5. The molecule has 6 heteroatoms. The fraction of sp³-hybridized carbons (Fsp3) is 0.0714. The number of hydrogen-bond acceptors (Lipinski definition) is 3. The van der Waals surface area contributed by atoms with Gasteiger partial charge in [0.1, 0.15) is 11.5 Å². The number of benzene rings is 2. The van der Waals surface area contributed by atoms with Gasteiger partial charge in [-0.3, -0.25) is 4.79 Å². The van der Waals surface area contributed by atoms with E-state index in [1.807, 2.05) is 0 Å². The maximum absolute atomic E-state index is 11.7. The summed E-state index contributed by atoms with van der Waals surface area (Å²) in [4.78, 5) is 11.7. The summed E-state index contributed by atoms with van der Waals surface area (Å²) in [5.41, 5.74) is 0.324. The highest BCUT2D eigenvalue weighted by Crippen LogP contribution is 2.24. The second-order valence-electron chi connectivity index (χ2n) is 3.96. The van der Waals surface area contributed by atoms with Crippen LogP contribution < -0.4 is 10.1 Å². The van der Waals surface area contributed by atoms with Crippen molar-refractivity contribution in [1.29, 1.82) is 0 Å². The van der Waals surface area contributed by atoms with Crippen molar-refractivity contribution < 1.29 is 14.6 Å². The first-order chi connectivity index (χ1) is 9.54. The number of phenolic OH excluding ortho intramolecular Hbond substituents is 1. The van der Waals surface area contributed by atoms with E-state index in [1.165, 1.54) is 6.07 Å². The Kier molecular flexibility index (Phi) is 4.71. The molecule has 104 valence electrons. The lowest BCUT2D eigenvalue weighted by Crippen LogP contribution is -2.20. The second-order valence-corrected chi connectivity index (χ2v) is 4.83. The van der Waals surface area contributed by atoms with Crippen LogP contribution in [-0.4, -0.2) is 17.6 Å². The Morgan fingerprint density at radius 2 is 1.80 bits per heavy atom. The van der Waals surface area contributed by atoms with Crippen LogP contribution >= 0.6 is 23.2 Å². The van der Waals surface area contributed by atoms with E-state index in [1.54, 1.807) is 36.4 Å². The molecule has 0 spiro atoms. The predicted molar refractivity (Wildman–Crippen MR) is 78.7 cm³/mol. The summed E-state index contributed by atoms with van der Waals surface area (Å²) < 4.78 is 5.28. The molecule has 0 heterocycles. The van der Waals surface area contributed by atoms with E-state index in [-0.39, 0.29) is 12.4 Å². The zero-order chi connectivity index (χ0) is 14.5. The van der Waals surface area contributed by atoms with Gasteiger partial charge in [0, 0.05) is 10.0 Å². The summed E-state index contributed by atoms with van der Waals surface area (Å²) in [5, 5.41) is 12.9. The summed E-state index contributed by atoms with van der Waals surface area (Å²) in [6.45, 7) is -0.217. The van der Waals surface area contributed by atoms with Gasteiger partial charge >= 0.3 is 0 Å². The Bertz CT molecular complexity index is 611. The first-order valence-electron chi connectivity index (χ1n) is 5.71. The van der Waals surface area contributed by atoms with Crippen molar-refractivity contribution >= 4 is 34.8 Å². The number of carbonyl (C=O) groups is 1. The molecule has 0 atom stereocenters. The number of rotatable bonds is 4. The minimum absolute atomic E-state index is 0.00773. The van der Waals surface area contributed by atoms with Gasteiger partial charge in [0.2, 0.25) is 0 Å². The zero-order valence-corrected chi connectivity index (χ0v) is 11.8. The molecule has 0 radical (unpaired) electrons. The molecule has 4 nitrogen and oxygen atoms in total. The number of anilines is 1. The van der Waals surface area contributed by atoms with Crippen LogP contribution in [0.5, 0.6) is 11.5 Å². The topological polar surface area (TPSA) is 58.6 Å². The average Bonchev–Trinajstić information content (AvgIpc) is 2.38. The van der Waals surface area contributed by atoms with Gasteiger partial charge in [-0.15, -0.1) is 0 Å². The van der Waals surface area contributed by atoms with Crippen molar-refractivity contribution in [3.63, 3.8) is 0 Å². The van der Waals surface area contributed by atoms with Gasteiger partial charge < -0.3 is 15.2 Å². The zero-order valence-electron chi connectivity index (χ0n) is 10.3. The number of hydrogen-bond donors (Lipinski definition) is 2. The number of nitrogens with one attached hydrogen (secondary N) is 1. The molecule has 0 saturated carbocycles. The van der Waals surface area contributed by atoms with Gasteiger partial charge in [-0.2, -0.15) is 0 Å². The van der Waals surface area contributed by atoms with Gasteiger partial charge in [0.15, 0.2) is 6.61 Å². The number of carbonyl (C=O) groups excluding carboxylic acids is 1. The van der Waals surface area contributed by atoms with E-state index in [9.17, 15) is 9.90 Å². The molecule has 2 aromatic rings. The smallest absolute Gasteiger partial charge is 0.262 e. The van der Waals surface area contributed by atoms with Gasteiger partial charge in [-0.1, -0.05) is 35.3 Å². The Labute approximate surface area is 125 Å². The van der Waals surface area contributed by atoms with Crippen molar-refractivity contribution in [2.75, 3.05) is 11.9 Å². The minimum atomic E-state index is -0.400. The van der Waals surface area contributed by atoms with E-state index in [0.717, 1.165) is 0 Å². The standard InChI is InChI=1S/C14H11Cl2NO3/c15-9-5-10(16)7-11(6-9)20-8-14(19)17-12-3-1-2-4-13(12)18/h1-7,18H,8H2,(H,17,19). The van der Waals surface area contributed by atoms with Crippen LogP contribution in [0.2, 0.25) is 10.0 Å². The van der Waals surface area contributed by atoms with E-state index < -0.39 is 5.91 Å². The van der Waals surface area contributed by atoms with Crippen molar-refractivity contribution in [3.8, 4) is 11.5 Å². The van der Waals surface area contributed by atoms with Gasteiger partial charge in [-0.05, 0) is 30.3 Å². The van der Waals surface area contributed by atoms with Gasteiger partial charge in [0.25, 0.3) is 5.91 Å². The number of ether oxygens (including phenoxy) is 1. The molecule has 0 aliphatic rings. The van der Waals surface area contributed by atoms with Crippen LogP contribution in [0.25, 0.3) is 0 Å². The largest absolute Gasteiger partial charge is 0.506 e. The fourth-order valence-electron chi connectivity index (χ4n) is 1.53. The summed E-state index contributed by atoms with van der Waals surface area (Å²) >= 11 is 11.6. The Balaban J connectivity index is 1.94. The Morgan fingerprint density at radius 1 is 1.15 bits per heavy atom. The Hall–Kier alpha value is -1.91. The lowest BCUT2D eigenvalue weighted by Gasteiger charge is -2.09. The highest BCUT2D eigenvalue weighted by atomic mass is 35.5. The molecule has 0 unspecified atom stereocenters. The average molecular weight is 312 g/mol. The van der Waals surface area contributed by atoms with Crippen molar-refractivity contribution in [2.24, 2.45) is 0 Å². The third-order valence-electron chi connectivity index (χ3n) is 2.38. The normalized spacial score (nSPS) is 10.1. The molecule has 1 amide bonds. The van der Waals surface area contributed by atoms with E-state index in [4.69, 9.17) is 27.9 Å². The van der Waals surface area contributed by atoms with Gasteiger partial charge in [0.05, 0.1) is 5.69 Å². The van der Waals surface area contributed by atoms with Crippen LogP contribution in [0.1, 0.15) is 0 Å². The summed E-state index contributed by atoms with van der Waals surface area (Å²) in [6, 6.07) is 11.1. The van der Waals surface area contributed by atoms with Crippen LogP contribution in [0.15, 0.2) is 42.5 Å². The first-order valence-corrected chi connectivity index (χ1v) is 6.47. The minimum Gasteiger partial charge on any atom is -0.506 e. The third kappa shape index (κ3) is 4.05. The Morgan fingerprint density at radius 3 is 2.45 bits per heavy atom. The fourth-order valence-corrected chi connectivity index (χ4v) is 2.03. The maximum atomic E-state index is 11.7. The molecule has 2 N–H and O–H groups in total. The lowest BCUT2D eigenvalue weighted by molar-refractivity contribution is -0.118. The lowest BCUT2D eigenvalue weighted by atomic mass is 10.3. The van der Waals surface area contributed by atoms with Crippen LogP contribution in [0.4, 0.5) is 5.69 Å². The molecule has 0 fully saturated rings. The second kappa shape index (κ2) is 6.50. The highest BCUT2D eigenvalue weighted by molar-refractivity contribution is 6.34. The number of phenols is 1. The number of para-hydroxylation sites is 2. The maximum Gasteiger partial charge on any atom is 0.262 e. The van der Waals surface area contributed by atoms with E-state index in [2.05, 4.69) is 5.32 Å². The summed E-state index contributed by atoms with van der Waals surface area (Å²) in [7, 11) is 0. The van der Waals surface area contributed by atoms with Crippen LogP contribution in [0, 0.1) is 0 Å². The van der Waals surface area contributed by atoms with Crippen LogP contribution in [-0.2, 0) is 4.79 Å². The molecule has 2 aromatic carbocycles. The molecule has 0 aliphatic carbocycles. The van der Waals surface area contributed by atoms with Crippen molar-refractivity contribution in [3.05, 3.63) is 52.5 Å². The van der Waals surface area contributed by atoms with Crippen molar-refractivity contribution in [2.45, 2.75) is 0 Å². The van der Waals surface area contributed by atoms with Gasteiger partial charge in [-0.25, -0.2) is 0 Å². The molecule has 20 heavy (non-hydrogen) atoms. The molecule has 0 saturated heterocycles. The van der Waals surface area contributed by atoms with E-state index >= 15 is 0 Å². The molecular formula is C14H11Cl2NO3. The SMILES string of the molecule is O=C(COc1cc(Cl)cc(Cl)c1)Nc1ccccc1O. The predicted octanol–water partition coefficient (Wildman–Crippen LogP) is 3.72. The van der Waals surface area contributed by atoms with Crippen molar-refractivity contribution in [1.82, 2.24) is 0 Å². The van der Waals surface area contributed by atoms with E-state index in [0.29, 0.717) is 21.5 Å². The molecular weight excluding hydrogens is 301 g/mol. The number of amides is 1. The van der Waals surface area contributed by atoms with Crippen LogP contribution in [0.3, 0.4) is 0 Å². The molecule has 0 bridgehead atoms. The molecule has 0 aromatic heterocycles. The highest BCUT2D eigenvalue weighted by Gasteiger charge is 2.07. The monoisotopic (exact) mass is 311 g/mol. The molecule has 2 rings (SSSR count). The number of halogens is 2.